The number of carboxylic acids is 1. The molecule has 1 heterocycles. The molecule has 2 aromatic rings. The molecule has 7 heteroatoms. The second kappa shape index (κ2) is 9.12. The topological polar surface area (TPSA) is 88.1 Å². The van der Waals surface area contributed by atoms with Crippen LogP contribution in [0.25, 0.3) is 0 Å². The molecule has 0 unspecified atom stereocenters. The number of rotatable bonds is 6. The van der Waals surface area contributed by atoms with E-state index >= 15 is 0 Å². The van der Waals surface area contributed by atoms with Gasteiger partial charge in [0.1, 0.15) is 11.5 Å². The molecule has 1 fully saturated rings. The van der Waals surface area contributed by atoms with E-state index in [2.05, 4.69) is 5.32 Å². The van der Waals surface area contributed by atoms with Crippen molar-refractivity contribution in [3.8, 4) is 17.2 Å². The molecular formula is C21H24N2O5. The van der Waals surface area contributed by atoms with E-state index in [1.165, 1.54) is 0 Å². The van der Waals surface area contributed by atoms with Gasteiger partial charge in [0.25, 0.3) is 0 Å². The zero-order valence-corrected chi connectivity index (χ0v) is 15.8. The summed E-state index contributed by atoms with van der Waals surface area (Å²) in [6, 6.07) is 14.2. The lowest BCUT2D eigenvalue weighted by molar-refractivity contribution is -0.143. The lowest BCUT2D eigenvalue weighted by atomic mass is 9.97. The van der Waals surface area contributed by atoms with E-state index < -0.39 is 5.97 Å². The minimum absolute atomic E-state index is 0.258. The molecule has 1 aliphatic rings. The van der Waals surface area contributed by atoms with Crippen LogP contribution in [0.5, 0.6) is 17.2 Å². The number of carbonyl (C=O) groups excluding carboxylic acids is 1. The molecule has 3 rings (SSSR count). The fraction of sp³-hybridized carbons (Fsp3) is 0.333. The third-order valence-corrected chi connectivity index (χ3v) is 4.62. The Hall–Kier alpha value is -3.22. The first-order chi connectivity index (χ1) is 13.6. The van der Waals surface area contributed by atoms with Crippen LogP contribution in [0.3, 0.4) is 0 Å². The smallest absolute Gasteiger partial charge is 0.321 e. The maximum atomic E-state index is 12.6. The van der Waals surface area contributed by atoms with Crippen LogP contribution in [-0.4, -0.2) is 41.7 Å². The molecule has 1 saturated heterocycles. The first kappa shape index (κ1) is 19.5. The highest BCUT2D eigenvalue weighted by Crippen LogP contribution is 2.30. The Kier molecular flexibility index (Phi) is 6.37. The lowest BCUT2D eigenvalue weighted by Crippen LogP contribution is -2.42. The highest BCUT2D eigenvalue weighted by atomic mass is 16.5. The maximum Gasteiger partial charge on any atom is 0.321 e. The van der Waals surface area contributed by atoms with Crippen LogP contribution in [0.1, 0.15) is 19.8 Å². The molecule has 28 heavy (non-hydrogen) atoms. The van der Waals surface area contributed by atoms with Gasteiger partial charge in [-0.25, -0.2) is 4.79 Å². The number of aliphatic carboxylic acids is 1. The number of para-hydroxylation sites is 2. The number of nitrogens with one attached hydrogen (secondary N) is 1. The average Bonchev–Trinajstić information content (AvgIpc) is 2.71. The number of hydrogen-bond donors (Lipinski definition) is 2. The molecule has 7 nitrogen and oxygen atoms in total. The van der Waals surface area contributed by atoms with Crippen molar-refractivity contribution >= 4 is 17.7 Å². The van der Waals surface area contributed by atoms with Crippen LogP contribution in [0.2, 0.25) is 0 Å². The second-order valence-electron chi connectivity index (χ2n) is 6.53. The third kappa shape index (κ3) is 4.94. The molecule has 0 aromatic heterocycles. The molecule has 2 aromatic carbocycles. The highest BCUT2D eigenvalue weighted by molar-refractivity contribution is 5.91. The van der Waals surface area contributed by atoms with Crippen LogP contribution >= 0.6 is 0 Å². The summed E-state index contributed by atoms with van der Waals surface area (Å²) in [6.07, 6.45) is 0.931. The van der Waals surface area contributed by atoms with Crippen molar-refractivity contribution in [1.82, 2.24) is 4.90 Å². The number of anilines is 1. The van der Waals surface area contributed by atoms with E-state index in [9.17, 15) is 9.59 Å². The number of carbonyl (C=O) groups is 2. The summed E-state index contributed by atoms with van der Waals surface area (Å²) >= 11 is 0. The molecule has 148 valence electrons. The number of amides is 2. The molecule has 0 aliphatic carbocycles. The van der Waals surface area contributed by atoms with Crippen LogP contribution in [0.15, 0.2) is 48.5 Å². The van der Waals surface area contributed by atoms with Gasteiger partial charge in [0.15, 0.2) is 5.75 Å². The van der Waals surface area contributed by atoms with Crippen molar-refractivity contribution in [3.05, 3.63) is 48.5 Å². The summed E-state index contributed by atoms with van der Waals surface area (Å²) in [5.41, 5.74) is 0.557. The highest BCUT2D eigenvalue weighted by Gasteiger charge is 2.27. The maximum absolute atomic E-state index is 12.6. The number of hydrogen-bond acceptors (Lipinski definition) is 4. The van der Waals surface area contributed by atoms with Crippen LogP contribution in [-0.2, 0) is 4.79 Å². The van der Waals surface area contributed by atoms with Crippen molar-refractivity contribution in [1.29, 1.82) is 0 Å². The summed E-state index contributed by atoms with van der Waals surface area (Å²) < 4.78 is 11.3. The van der Waals surface area contributed by atoms with Crippen LogP contribution in [0.4, 0.5) is 10.5 Å². The molecule has 0 radical (unpaired) electrons. The van der Waals surface area contributed by atoms with Crippen LogP contribution < -0.4 is 14.8 Å². The number of ether oxygens (including phenoxy) is 2. The van der Waals surface area contributed by atoms with Gasteiger partial charge in [-0.15, -0.1) is 0 Å². The van der Waals surface area contributed by atoms with Gasteiger partial charge in [0, 0.05) is 13.1 Å². The van der Waals surface area contributed by atoms with Gasteiger partial charge >= 0.3 is 12.0 Å². The zero-order valence-electron chi connectivity index (χ0n) is 15.8. The quantitative estimate of drug-likeness (QED) is 0.779. The third-order valence-electron chi connectivity index (χ3n) is 4.62. The van der Waals surface area contributed by atoms with Crippen molar-refractivity contribution < 1.29 is 24.2 Å². The van der Waals surface area contributed by atoms with Gasteiger partial charge < -0.3 is 24.8 Å². The molecule has 0 atom stereocenters. The van der Waals surface area contributed by atoms with Gasteiger partial charge in [-0.1, -0.05) is 12.1 Å². The zero-order chi connectivity index (χ0) is 19.9. The minimum Gasteiger partial charge on any atom is -0.494 e. The number of carboxylic acid groups (broad SMARTS) is 1. The van der Waals surface area contributed by atoms with Gasteiger partial charge in [0.2, 0.25) is 0 Å². The monoisotopic (exact) mass is 384 g/mol. The number of piperidine rings is 1. The first-order valence-corrected chi connectivity index (χ1v) is 9.35. The fourth-order valence-corrected chi connectivity index (χ4v) is 3.08. The summed E-state index contributed by atoms with van der Waals surface area (Å²) in [6.45, 7) is 3.36. The molecule has 2 N–H and O–H groups in total. The summed E-state index contributed by atoms with van der Waals surface area (Å²) in [5.74, 6) is 0.752. The van der Waals surface area contributed by atoms with E-state index in [4.69, 9.17) is 14.6 Å². The Balaban J connectivity index is 1.63. The number of benzene rings is 2. The van der Waals surface area contributed by atoms with E-state index in [0.29, 0.717) is 49.7 Å². The summed E-state index contributed by atoms with van der Waals surface area (Å²) in [7, 11) is 0. The Labute approximate surface area is 163 Å². The normalized spacial score (nSPS) is 14.4. The van der Waals surface area contributed by atoms with Crippen molar-refractivity contribution in [2.75, 3.05) is 25.0 Å². The van der Waals surface area contributed by atoms with Crippen LogP contribution in [0, 0.1) is 5.92 Å². The van der Waals surface area contributed by atoms with Gasteiger partial charge in [-0.3, -0.25) is 4.79 Å². The Morgan fingerprint density at radius 2 is 1.71 bits per heavy atom. The van der Waals surface area contributed by atoms with E-state index in [0.717, 1.165) is 5.75 Å². The molecular weight excluding hydrogens is 360 g/mol. The Morgan fingerprint density at radius 1 is 1.07 bits per heavy atom. The van der Waals surface area contributed by atoms with Crippen molar-refractivity contribution in [3.63, 3.8) is 0 Å². The molecule has 0 spiro atoms. The average molecular weight is 384 g/mol. The Bertz CT molecular complexity index is 814. The standard InChI is InChI=1S/C21H24N2O5/c1-2-27-16-7-9-17(10-8-16)28-19-6-4-3-5-18(19)22-21(26)23-13-11-15(12-14-23)20(24)25/h3-10,15H,2,11-14H2,1H3,(H,22,26)(H,24,25). The van der Waals surface area contributed by atoms with Gasteiger partial charge in [-0.05, 0) is 56.2 Å². The molecule has 1 aliphatic heterocycles. The van der Waals surface area contributed by atoms with E-state index in [-0.39, 0.29) is 11.9 Å². The van der Waals surface area contributed by atoms with E-state index in [1.807, 2.05) is 31.2 Å². The largest absolute Gasteiger partial charge is 0.494 e. The lowest BCUT2D eigenvalue weighted by Gasteiger charge is -2.30. The Morgan fingerprint density at radius 3 is 2.36 bits per heavy atom. The number of urea groups is 1. The molecule has 2 amide bonds. The van der Waals surface area contributed by atoms with Gasteiger partial charge in [-0.2, -0.15) is 0 Å². The molecule has 0 saturated carbocycles. The predicted molar refractivity (Wildman–Crippen MR) is 105 cm³/mol. The number of nitrogens with zero attached hydrogens (tertiary/aromatic N) is 1. The second-order valence-corrected chi connectivity index (χ2v) is 6.53. The summed E-state index contributed by atoms with van der Waals surface area (Å²) in [5, 5.41) is 11.9. The molecule has 0 bridgehead atoms. The van der Waals surface area contributed by atoms with Gasteiger partial charge in [0.05, 0.1) is 18.2 Å². The minimum atomic E-state index is -0.797. The first-order valence-electron chi connectivity index (χ1n) is 9.35. The predicted octanol–water partition coefficient (Wildman–Crippen LogP) is 4.21. The fourth-order valence-electron chi connectivity index (χ4n) is 3.08. The summed E-state index contributed by atoms with van der Waals surface area (Å²) in [4.78, 5) is 25.2. The number of likely N-dealkylation sites (tertiary alicyclic amines) is 1. The van der Waals surface area contributed by atoms with Crippen molar-refractivity contribution in [2.24, 2.45) is 5.92 Å². The van der Waals surface area contributed by atoms with E-state index in [1.54, 1.807) is 29.2 Å². The van der Waals surface area contributed by atoms with Crippen molar-refractivity contribution in [2.45, 2.75) is 19.8 Å². The SMILES string of the molecule is CCOc1ccc(Oc2ccccc2NC(=O)N2CCC(C(=O)O)CC2)cc1.